The van der Waals surface area contributed by atoms with Gasteiger partial charge in [0.15, 0.2) is 12.3 Å². The van der Waals surface area contributed by atoms with E-state index < -0.39 is 24.6 Å². The zero-order valence-electron chi connectivity index (χ0n) is 16.8. The molecule has 10 nitrogen and oxygen atoms in total. The van der Waals surface area contributed by atoms with Gasteiger partial charge in [-0.2, -0.15) is 5.10 Å². The van der Waals surface area contributed by atoms with Gasteiger partial charge in [0.25, 0.3) is 0 Å². The summed E-state index contributed by atoms with van der Waals surface area (Å²) in [6, 6.07) is 0.354. The summed E-state index contributed by atoms with van der Waals surface area (Å²) in [5.41, 5.74) is 3.02. The van der Waals surface area contributed by atoms with Crippen LogP contribution in [-0.4, -0.2) is 56.3 Å². The molecule has 1 saturated carbocycles. The lowest BCUT2D eigenvalue weighted by Gasteiger charge is -2.25. The fraction of sp³-hybridized carbons (Fsp3) is 0.550. The monoisotopic (exact) mass is 415 g/mol. The first kappa shape index (κ1) is 20.1. The van der Waals surface area contributed by atoms with E-state index in [9.17, 15) is 9.59 Å². The van der Waals surface area contributed by atoms with Crippen molar-refractivity contribution in [3.63, 3.8) is 0 Å². The Morgan fingerprint density at radius 1 is 1.30 bits per heavy atom. The topological polar surface area (TPSA) is 128 Å². The van der Waals surface area contributed by atoms with E-state index in [-0.39, 0.29) is 6.42 Å². The standard InChI is InChI=1S/C20H25N5O5/c1-2-25-19-14(10-22-25)18(23-12-6-4-3-5-7-12)13(9-21-19)15-8-16(30-24-15)20(28)29-11-17(26)27/h9-10,12,16H,2-8,11H2,1H3,(H,21,23)(H,26,27). The molecule has 3 heterocycles. The van der Waals surface area contributed by atoms with E-state index in [2.05, 4.69) is 20.6 Å². The van der Waals surface area contributed by atoms with Gasteiger partial charge in [0.2, 0.25) is 6.10 Å². The molecule has 2 aromatic rings. The molecule has 2 N–H and O–H groups in total. The molecule has 0 amide bonds. The van der Waals surface area contributed by atoms with Crippen molar-refractivity contribution in [2.24, 2.45) is 5.16 Å². The normalized spacial score (nSPS) is 19.4. The quantitative estimate of drug-likeness (QED) is 0.660. The van der Waals surface area contributed by atoms with Gasteiger partial charge in [0, 0.05) is 30.8 Å². The van der Waals surface area contributed by atoms with E-state index in [4.69, 9.17) is 14.7 Å². The number of oxime groups is 1. The molecule has 1 unspecified atom stereocenters. The number of nitrogens with zero attached hydrogens (tertiary/aromatic N) is 4. The number of carboxylic acids is 1. The number of pyridine rings is 1. The summed E-state index contributed by atoms with van der Waals surface area (Å²) in [6.07, 6.45) is 8.59. The Labute approximate surface area is 173 Å². The molecule has 2 aliphatic rings. The predicted octanol–water partition coefficient (Wildman–Crippen LogP) is 2.32. The van der Waals surface area contributed by atoms with Crippen molar-refractivity contribution in [3.05, 3.63) is 18.0 Å². The first-order valence-electron chi connectivity index (χ1n) is 10.3. The number of nitrogens with one attached hydrogen (secondary N) is 1. The Morgan fingerprint density at radius 3 is 2.83 bits per heavy atom. The van der Waals surface area contributed by atoms with E-state index in [1.54, 1.807) is 12.4 Å². The molecule has 0 saturated heterocycles. The number of carboxylic acid groups (broad SMARTS) is 1. The summed E-state index contributed by atoms with van der Waals surface area (Å²) in [5.74, 6) is -1.96. The number of rotatable bonds is 7. The van der Waals surface area contributed by atoms with E-state index in [0.717, 1.165) is 35.1 Å². The van der Waals surface area contributed by atoms with E-state index in [1.807, 2.05) is 11.6 Å². The highest BCUT2D eigenvalue weighted by Gasteiger charge is 2.33. The number of hydrogen-bond donors (Lipinski definition) is 2. The van der Waals surface area contributed by atoms with Crippen LogP contribution in [0.4, 0.5) is 5.69 Å². The lowest BCUT2D eigenvalue weighted by atomic mass is 9.94. The van der Waals surface area contributed by atoms with Gasteiger partial charge in [-0.05, 0) is 19.8 Å². The fourth-order valence-electron chi connectivity index (χ4n) is 3.97. The Balaban J connectivity index is 1.61. The third-order valence-corrected chi connectivity index (χ3v) is 5.50. The highest BCUT2D eigenvalue weighted by molar-refractivity contribution is 6.11. The van der Waals surface area contributed by atoms with Crippen LogP contribution in [0.5, 0.6) is 0 Å². The zero-order valence-corrected chi connectivity index (χ0v) is 16.8. The first-order chi connectivity index (χ1) is 14.6. The molecule has 1 aliphatic heterocycles. The average Bonchev–Trinajstić information content (AvgIpc) is 3.40. The Morgan fingerprint density at radius 2 is 2.10 bits per heavy atom. The van der Waals surface area contributed by atoms with Gasteiger partial charge >= 0.3 is 11.9 Å². The number of carbonyl (C=O) groups excluding carboxylic acids is 1. The van der Waals surface area contributed by atoms with Crippen LogP contribution in [0, 0.1) is 0 Å². The van der Waals surface area contributed by atoms with Crippen LogP contribution in [0.1, 0.15) is 51.0 Å². The van der Waals surface area contributed by atoms with Crippen LogP contribution in [-0.2, 0) is 25.7 Å². The smallest absolute Gasteiger partial charge is 0.351 e. The lowest BCUT2D eigenvalue weighted by Crippen LogP contribution is -2.26. The number of esters is 1. The van der Waals surface area contributed by atoms with Gasteiger partial charge in [-0.3, -0.25) is 0 Å². The molecule has 1 fully saturated rings. The van der Waals surface area contributed by atoms with E-state index in [1.165, 1.54) is 19.3 Å². The largest absolute Gasteiger partial charge is 0.479 e. The minimum Gasteiger partial charge on any atom is -0.479 e. The van der Waals surface area contributed by atoms with Gasteiger partial charge in [0.05, 0.1) is 23.0 Å². The summed E-state index contributed by atoms with van der Waals surface area (Å²) < 4.78 is 6.57. The minimum absolute atomic E-state index is 0.187. The molecule has 0 spiro atoms. The van der Waals surface area contributed by atoms with Crippen molar-refractivity contribution in [2.45, 2.75) is 64.1 Å². The SMILES string of the molecule is CCn1ncc2c(NC3CCCCC3)c(C3=NOC(C(=O)OCC(=O)O)C3)cnc21. The Hall–Kier alpha value is -3.17. The maximum absolute atomic E-state index is 12.1. The summed E-state index contributed by atoms with van der Waals surface area (Å²) in [7, 11) is 0. The second-order valence-electron chi connectivity index (χ2n) is 7.56. The Kier molecular flexibility index (Phi) is 5.82. The number of aliphatic carboxylic acids is 1. The second-order valence-corrected chi connectivity index (χ2v) is 7.56. The molecule has 0 aromatic carbocycles. The van der Waals surface area contributed by atoms with Crippen LogP contribution in [0.25, 0.3) is 11.0 Å². The van der Waals surface area contributed by atoms with Crippen LogP contribution < -0.4 is 5.32 Å². The number of hydrogen-bond acceptors (Lipinski definition) is 8. The van der Waals surface area contributed by atoms with Gasteiger partial charge < -0.3 is 20.0 Å². The summed E-state index contributed by atoms with van der Waals surface area (Å²) in [5, 5.41) is 21.8. The maximum atomic E-state index is 12.1. The summed E-state index contributed by atoms with van der Waals surface area (Å²) >= 11 is 0. The Bertz CT molecular complexity index is 979. The second kappa shape index (κ2) is 8.68. The summed E-state index contributed by atoms with van der Waals surface area (Å²) in [4.78, 5) is 32.5. The number of fused-ring (bicyclic) bond motifs is 1. The number of aromatic nitrogens is 3. The molecule has 160 valence electrons. The molecule has 2 aromatic heterocycles. The van der Waals surface area contributed by atoms with Crippen LogP contribution >= 0.6 is 0 Å². The molecule has 0 radical (unpaired) electrons. The molecule has 0 bridgehead atoms. The van der Waals surface area contributed by atoms with Crippen molar-refractivity contribution in [2.75, 3.05) is 11.9 Å². The van der Waals surface area contributed by atoms with Gasteiger partial charge in [0.1, 0.15) is 0 Å². The third-order valence-electron chi connectivity index (χ3n) is 5.50. The number of carbonyl (C=O) groups is 2. The molecule has 1 atom stereocenters. The molecular weight excluding hydrogens is 390 g/mol. The molecule has 30 heavy (non-hydrogen) atoms. The number of ether oxygens (including phenoxy) is 1. The number of aryl methyl sites for hydroxylation is 1. The van der Waals surface area contributed by atoms with Crippen molar-refractivity contribution in [1.29, 1.82) is 0 Å². The molecule has 1 aliphatic carbocycles. The van der Waals surface area contributed by atoms with Gasteiger partial charge in [-0.1, -0.05) is 24.4 Å². The molecular formula is C20H25N5O5. The van der Waals surface area contributed by atoms with Gasteiger partial charge in [-0.15, -0.1) is 0 Å². The average molecular weight is 415 g/mol. The number of anilines is 1. The van der Waals surface area contributed by atoms with Crippen molar-refractivity contribution in [3.8, 4) is 0 Å². The van der Waals surface area contributed by atoms with E-state index >= 15 is 0 Å². The predicted molar refractivity (Wildman–Crippen MR) is 108 cm³/mol. The maximum Gasteiger partial charge on any atom is 0.351 e. The van der Waals surface area contributed by atoms with Crippen molar-refractivity contribution < 1.29 is 24.3 Å². The first-order valence-corrected chi connectivity index (χ1v) is 10.3. The minimum atomic E-state index is -1.22. The fourth-order valence-corrected chi connectivity index (χ4v) is 3.97. The third kappa shape index (κ3) is 4.07. The van der Waals surface area contributed by atoms with Crippen molar-refractivity contribution >= 4 is 34.4 Å². The van der Waals surface area contributed by atoms with E-state index in [0.29, 0.717) is 18.3 Å². The summed E-state index contributed by atoms with van der Waals surface area (Å²) in [6.45, 7) is 2.02. The highest BCUT2D eigenvalue weighted by atomic mass is 16.7. The van der Waals surface area contributed by atoms with Crippen LogP contribution in [0.3, 0.4) is 0 Å². The molecule has 10 heteroatoms. The van der Waals surface area contributed by atoms with Crippen LogP contribution in [0.15, 0.2) is 17.5 Å². The zero-order chi connectivity index (χ0) is 21.1. The van der Waals surface area contributed by atoms with Crippen LogP contribution in [0.2, 0.25) is 0 Å². The molecule has 4 rings (SSSR count). The highest BCUT2D eigenvalue weighted by Crippen LogP contribution is 2.32. The van der Waals surface area contributed by atoms with Gasteiger partial charge in [-0.25, -0.2) is 19.3 Å². The van der Waals surface area contributed by atoms with Crippen molar-refractivity contribution in [1.82, 2.24) is 14.8 Å². The lowest BCUT2D eigenvalue weighted by molar-refractivity contribution is -0.162.